The van der Waals surface area contributed by atoms with Gasteiger partial charge in [0.2, 0.25) is 0 Å². The summed E-state index contributed by atoms with van der Waals surface area (Å²) >= 11 is 0. The molecule has 0 atom stereocenters. The summed E-state index contributed by atoms with van der Waals surface area (Å²) in [5, 5.41) is 0. The van der Waals surface area contributed by atoms with Gasteiger partial charge in [-0.3, -0.25) is 0 Å². The van der Waals surface area contributed by atoms with Crippen LogP contribution in [0.25, 0.3) is 0 Å². The monoisotopic (exact) mass is 273 g/mol. The van der Waals surface area contributed by atoms with E-state index in [0.29, 0.717) is 22.7 Å². The van der Waals surface area contributed by atoms with E-state index in [4.69, 9.17) is 10.5 Å². The average molecular weight is 273 g/mol. The van der Waals surface area contributed by atoms with Gasteiger partial charge in [-0.15, -0.1) is 0 Å². The maximum absolute atomic E-state index is 13.3. The quantitative estimate of drug-likeness (QED) is 0.797. The maximum Gasteiger partial charge on any atom is 0.150 e. The highest BCUT2D eigenvalue weighted by molar-refractivity contribution is 5.55. The van der Waals surface area contributed by atoms with Gasteiger partial charge in [0.1, 0.15) is 11.6 Å². The molecule has 0 spiro atoms. The van der Waals surface area contributed by atoms with Crippen molar-refractivity contribution in [2.24, 2.45) is 0 Å². The topological polar surface area (TPSA) is 35.2 Å². The highest BCUT2D eigenvalue weighted by Crippen LogP contribution is 2.31. The predicted molar refractivity (Wildman–Crippen MR) is 80.8 cm³/mol. The molecule has 0 aromatic heterocycles. The number of hydrogen-bond acceptors (Lipinski definition) is 2. The van der Waals surface area contributed by atoms with Crippen molar-refractivity contribution in [2.45, 2.75) is 33.1 Å². The van der Waals surface area contributed by atoms with Crippen LogP contribution in [0.4, 0.5) is 10.1 Å². The van der Waals surface area contributed by atoms with E-state index in [0.717, 1.165) is 0 Å². The summed E-state index contributed by atoms with van der Waals surface area (Å²) in [7, 11) is 0. The Kier molecular flexibility index (Phi) is 3.71. The third-order valence-corrected chi connectivity index (χ3v) is 3.24. The fourth-order valence-electron chi connectivity index (χ4n) is 1.91. The summed E-state index contributed by atoms with van der Waals surface area (Å²) in [6.45, 7) is 8.16. The van der Waals surface area contributed by atoms with Crippen LogP contribution in [-0.4, -0.2) is 0 Å². The molecule has 0 aliphatic carbocycles. The molecule has 106 valence electrons. The first-order chi connectivity index (χ1) is 9.27. The minimum Gasteiger partial charge on any atom is -0.455 e. The second kappa shape index (κ2) is 5.16. The van der Waals surface area contributed by atoms with E-state index in [-0.39, 0.29) is 11.2 Å². The molecule has 0 aliphatic heterocycles. The summed E-state index contributed by atoms with van der Waals surface area (Å²) in [5.74, 6) is 0.848. The highest BCUT2D eigenvalue weighted by atomic mass is 19.1. The standard InChI is InChI=1S/C17H20FNO/c1-11-9-16(15(19)10-14(11)18)20-13-7-5-12(6-8-13)17(2,3)4/h5-10H,19H2,1-4H3. The van der Waals surface area contributed by atoms with Gasteiger partial charge >= 0.3 is 0 Å². The Balaban J connectivity index is 2.25. The van der Waals surface area contributed by atoms with E-state index in [1.807, 2.05) is 24.3 Å². The summed E-state index contributed by atoms with van der Waals surface area (Å²) in [4.78, 5) is 0. The van der Waals surface area contributed by atoms with Gasteiger partial charge in [0.15, 0.2) is 5.75 Å². The van der Waals surface area contributed by atoms with Gasteiger partial charge in [-0.2, -0.15) is 0 Å². The van der Waals surface area contributed by atoms with E-state index in [2.05, 4.69) is 20.8 Å². The lowest BCUT2D eigenvalue weighted by Gasteiger charge is -2.19. The zero-order valence-electron chi connectivity index (χ0n) is 12.3. The number of nitrogens with two attached hydrogens (primary N) is 1. The second-order valence-corrected chi connectivity index (χ2v) is 6.02. The van der Waals surface area contributed by atoms with E-state index in [1.54, 1.807) is 13.0 Å². The van der Waals surface area contributed by atoms with Crippen molar-refractivity contribution >= 4 is 5.69 Å². The summed E-state index contributed by atoms with van der Waals surface area (Å²) in [6, 6.07) is 10.8. The third-order valence-electron chi connectivity index (χ3n) is 3.24. The number of aryl methyl sites for hydroxylation is 1. The molecule has 0 heterocycles. The van der Waals surface area contributed by atoms with Crippen LogP contribution < -0.4 is 10.5 Å². The number of anilines is 1. The van der Waals surface area contributed by atoms with E-state index < -0.39 is 0 Å². The fraction of sp³-hybridized carbons (Fsp3) is 0.294. The first-order valence-corrected chi connectivity index (χ1v) is 6.61. The van der Waals surface area contributed by atoms with Crippen LogP contribution in [0.15, 0.2) is 36.4 Å². The third kappa shape index (κ3) is 3.10. The fourth-order valence-corrected chi connectivity index (χ4v) is 1.91. The molecule has 2 aromatic carbocycles. The molecule has 3 heteroatoms. The normalized spacial score (nSPS) is 11.4. The van der Waals surface area contributed by atoms with E-state index in [9.17, 15) is 4.39 Å². The van der Waals surface area contributed by atoms with Crippen molar-refractivity contribution in [1.29, 1.82) is 0 Å². The summed E-state index contributed by atoms with van der Waals surface area (Å²) in [6.07, 6.45) is 0. The van der Waals surface area contributed by atoms with E-state index >= 15 is 0 Å². The zero-order chi connectivity index (χ0) is 14.9. The molecule has 2 N–H and O–H groups in total. The lowest BCUT2D eigenvalue weighted by Crippen LogP contribution is -2.10. The molecule has 0 aliphatic rings. The molecule has 2 rings (SSSR count). The highest BCUT2D eigenvalue weighted by Gasteiger charge is 2.13. The second-order valence-electron chi connectivity index (χ2n) is 6.02. The molecule has 0 radical (unpaired) electrons. The number of halogens is 1. The molecule has 0 bridgehead atoms. The Hall–Kier alpha value is -2.03. The average Bonchev–Trinajstić information content (AvgIpc) is 2.35. The molecule has 0 amide bonds. The van der Waals surface area contributed by atoms with Gasteiger partial charge in [0.05, 0.1) is 5.69 Å². The number of benzene rings is 2. The summed E-state index contributed by atoms with van der Waals surface area (Å²) in [5.41, 5.74) is 7.92. The molecule has 0 saturated heterocycles. The SMILES string of the molecule is Cc1cc(Oc2ccc(C(C)(C)C)cc2)c(N)cc1F. The van der Waals surface area contributed by atoms with Crippen LogP contribution in [0.2, 0.25) is 0 Å². The van der Waals surface area contributed by atoms with Crippen LogP contribution in [0, 0.1) is 12.7 Å². The van der Waals surface area contributed by atoms with Crippen molar-refractivity contribution < 1.29 is 9.13 Å². The molecule has 0 unspecified atom stereocenters. The first kappa shape index (κ1) is 14.4. The van der Waals surface area contributed by atoms with E-state index in [1.165, 1.54) is 11.6 Å². The van der Waals surface area contributed by atoms with Crippen LogP contribution in [-0.2, 0) is 5.41 Å². The predicted octanol–water partition coefficient (Wildman–Crippen LogP) is 4.81. The van der Waals surface area contributed by atoms with Crippen molar-refractivity contribution in [3.8, 4) is 11.5 Å². The number of hydrogen-bond donors (Lipinski definition) is 1. The van der Waals surface area contributed by atoms with Crippen molar-refractivity contribution in [1.82, 2.24) is 0 Å². The van der Waals surface area contributed by atoms with Crippen molar-refractivity contribution in [3.63, 3.8) is 0 Å². The Bertz CT molecular complexity index is 612. The van der Waals surface area contributed by atoms with Crippen LogP contribution in [0.5, 0.6) is 11.5 Å². The Morgan fingerprint density at radius 2 is 1.65 bits per heavy atom. The van der Waals surface area contributed by atoms with Gasteiger partial charge in [-0.1, -0.05) is 32.9 Å². The van der Waals surface area contributed by atoms with Gasteiger partial charge in [0, 0.05) is 6.07 Å². The molecule has 2 nitrogen and oxygen atoms in total. The number of ether oxygens (including phenoxy) is 1. The van der Waals surface area contributed by atoms with Crippen molar-refractivity contribution in [3.05, 3.63) is 53.3 Å². The minimum atomic E-state index is -0.321. The van der Waals surface area contributed by atoms with Crippen LogP contribution in [0.1, 0.15) is 31.9 Å². The molecular formula is C17H20FNO. The lowest BCUT2D eigenvalue weighted by atomic mass is 9.87. The molecule has 20 heavy (non-hydrogen) atoms. The molecular weight excluding hydrogens is 253 g/mol. The Morgan fingerprint density at radius 1 is 1.05 bits per heavy atom. The number of rotatable bonds is 2. The zero-order valence-corrected chi connectivity index (χ0v) is 12.3. The largest absolute Gasteiger partial charge is 0.455 e. The van der Waals surface area contributed by atoms with Crippen LogP contribution in [0.3, 0.4) is 0 Å². The van der Waals surface area contributed by atoms with Gasteiger partial charge in [0.25, 0.3) is 0 Å². The lowest BCUT2D eigenvalue weighted by molar-refractivity contribution is 0.481. The molecule has 0 fully saturated rings. The molecule has 0 saturated carbocycles. The van der Waals surface area contributed by atoms with Gasteiger partial charge in [-0.25, -0.2) is 4.39 Å². The molecule has 2 aromatic rings. The summed E-state index contributed by atoms with van der Waals surface area (Å²) < 4.78 is 19.1. The smallest absolute Gasteiger partial charge is 0.150 e. The number of nitrogen functional groups attached to an aromatic ring is 1. The Labute approximate surface area is 119 Å². The minimum absolute atomic E-state index is 0.101. The van der Waals surface area contributed by atoms with Gasteiger partial charge in [-0.05, 0) is 41.7 Å². The van der Waals surface area contributed by atoms with Crippen LogP contribution >= 0.6 is 0 Å². The van der Waals surface area contributed by atoms with Crippen molar-refractivity contribution in [2.75, 3.05) is 5.73 Å². The first-order valence-electron chi connectivity index (χ1n) is 6.61. The maximum atomic E-state index is 13.3. The van der Waals surface area contributed by atoms with Gasteiger partial charge < -0.3 is 10.5 Å². The Morgan fingerprint density at radius 3 is 2.20 bits per heavy atom.